The Bertz CT molecular complexity index is 84.2. The average molecular weight is 273 g/mol. The lowest BCUT2D eigenvalue weighted by Crippen LogP contribution is -3.00. The van der Waals surface area contributed by atoms with Crippen LogP contribution in [0.25, 0.3) is 0 Å². The molecule has 0 fully saturated rings. The molecule has 0 aromatic heterocycles. The third-order valence-corrected chi connectivity index (χ3v) is 2.38. The molecule has 0 aromatic rings. The zero-order valence-electron chi connectivity index (χ0n) is 7.81. The van der Waals surface area contributed by atoms with Crippen LogP contribution in [0.1, 0.15) is 20.3 Å². The molecule has 0 spiro atoms. The van der Waals surface area contributed by atoms with E-state index in [9.17, 15) is 0 Å². The van der Waals surface area contributed by atoms with Crippen LogP contribution in [-0.4, -0.2) is 42.9 Å². The normalized spacial score (nSPS) is 10.9. The lowest BCUT2D eigenvalue weighted by Gasteiger charge is -2.31. The van der Waals surface area contributed by atoms with Crippen LogP contribution in [-0.2, 0) is 0 Å². The van der Waals surface area contributed by atoms with Gasteiger partial charge in [-0.2, -0.15) is 0 Å². The van der Waals surface area contributed by atoms with Crippen molar-refractivity contribution in [2.75, 3.05) is 33.3 Å². The molecule has 0 atom stereocenters. The summed E-state index contributed by atoms with van der Waals surface area (Å²) < 4.78 is 1.08. The van der Waals surface area contributed by atoms with Gasteiger partial charge >= 0.3 is 0 Å². The molecule has 0 bridgehead atoms. The Kier molecular flexibility index (Phi) is 9.43. The van der Waals surface area contributed by atoms with Gasteiger partial charge in [0.1, 0.15) is 0 Å². The van der Waals surface area contributed by atoms with E-state index in [0.29, 0.717) is 6.61 Å². The van der Waals surface area contributed by atoms with Gasteiger partial charge in [0, 0.05) is 13.0 Å². The molecule has 2 nitrogen and oxygen atoms in total. The minimum Gasteiger partial charge on any atom is -1.00 e. The minimum absolute atomic E-state index is 0. The van der Waals surface area contributed by atoms with E-state index in [1.54, 1.807) is 0 Å². The molecule has 0 aliphatic carbocycles. The van der Waals surface area contributed by atoms with Crippen molar-refractivity contribution in [3.8, 4) is 0 Å². The fourth-order valence-corrected chi connectivity index (χ4v) is 0.992. The summed E-state index contributed by atoms with van der Waals surface area (Å²) in [6.45, 7) is 8.14. The van der Waals surface area contributed by atoms with E-state index in [0.717, 1.165) is 30.5 Å². The summed E-state index contributed by atoms with van der Waals surface area (Å²) in [5.74, 6) is 0. The predicted molar refractivity (Wildman–Crippen MR) is 43.8 cm³/mol. The molecule has 0 unspecified atom stereocenters. The van der Waals surface area contributed by atoms with Crippen LogP contribution in [0.3, 0.4) is 0 Å². The van der Waals surface area contributed by atoms with E-state index < -0.39 is 0 Å². The van der Waals surface area contributed by atoms with Gasteiger partial charge < -0.3 is 33.6 Å². The molecule has 0 aliphatic heterocycles. The third-order valence-electron chi connectivity index (χ3n) is 2.38. The predicted octanol–water partition coefficient (Wildman–Crippen LogP) is -2.14. The van der Waals surface area contributed by atoms with Gasteiger partial charge in [0.05, 0.1) is 26.7 Å². The monoisotopic (exact) mass is 273 g/mol. The van der Waals surface area contributed by atoms with Crippen molar-refractivity contribution in [3.05, 3.63) is 0 Å². The Morgan fingerprint density at radius 1 is 1.18 bits per heavy atom. The molecule has 0 heterocycles. The van der Waals surface area contributed by atoms with Crippen LogP contribution in [0.15, 0.2) is 0 Å². The van der Waals surface area contributed by atoms with Gasteiger partial charge in [-0.15, -0.1) is 0 Å². The van der Waals surface area contributed by atoms with Crippen molar-refractivity contribution in [2.24, 2.45) is 0 Å². The topological polar surface area (TPSA) is 20.2 Å². The molecule has 3 heteroatoms. The highest BCUT2D eigenvalue weighted by Crippen LogP contribution is 2.01. The number of quaternary nitrogens is 1. The zero-order chi connectivity index (χ0) is 8.04. The van der Waals surface area contributed by atoms with E-state index in [1.165, 1.54) is 0 Å². The average Bonchev–Trinajstić information content (AvgIpc) is 2.00. The second kappa shape index (κ2) is 7.31. The van der Waals surface area contributed by atoms with E-state index in [1.807, 2.05) is 0 Å². The first-order valence-corrected chi connectivity index (χ1v) is 4.13. The summed E-state index contributed by atoms with van der Waals surface area (Å²) in [5.41, 5.74) is 0. The lowest BCUT2D eigenvalue weighted by molar-refractivity contribution is -0.906. The molecular weight excluding hydrogens is 253 g/mol. The fourth-order valence-electron chi connectivity index (χ4n) is 0.992. The second-order valence-corrected chi connectivity index (χ2v) is 3.05. The Balaban J connectivity index is 0. The van der Waals surface area contributed by atoms with Crippen LogP contribution < -0.4 is 24.0 Å². The number of aliphatic hydroxyl groups is 1. The largest absolute Gasteiger partial charge is 1.00 e. The molecule has 70 valence electrons. The molecule has 0 rings (SSSR count). The maximum Gasteiger partial charge on any atom is 0.0806 e. The smallest absolute Gasteiger partial charge is 0.0806 e. The van der Waals surface area contributed by atoms with Crippen molar-refractivity contribution in [3.63, 3.8) is 0 Å². The number of aliphatic hydroxyl groups excluding tert-OH is 1. The lowest BCUT2D eigenvalue weighted by atomic mass is 10.3. The Hall–Kier alpha value is 0.650. The van der Waals surface area contributed by atoms with Gasteiger partial charge in [-0.1, -0.05) is 0 Å². The molecule has 0 saturated heterocycles. The molecule has 0 amide bonds. The van der Waals surface area contributed by atoms with Crippen LogP contribution in [0, 0.1) is 0 Å². The van der Waals surface area contributed by atoms with Crippen LogP contribution in [0.5, 0.6) is 0 Å². The Morgan fingerprint density at radius 3 is 1.91 bits per heavy atom. The van der Waals surface area contributed by atoms with Gasteiger partial charge in [-0.25, -0.2) is 0 Å². The van der Waals surface area contributed by atoms with Gasteiger partial charge in [-0.05, 0) is 13.8 Å². The first kappa shape index (κ1) is 14.2. The van der Waals surface area contributed by atoms with Crippen LogP contribution >= 0.6 is 0 Å². The second-order valence-electron chi connectivity index (χ2n) is 3.05. The van der Waals surface area contributed by atoms with Gasteiger partial charge in [0.25, 0.3) is 0 Å². The highest BCUT2D eigenvalue weighted by Gasteiger charge is 2.14. The molecule has 11 heavy (non-hydrogen) atoms. The summed E-state index contributed by atoms with van der Waals surface area (Å²) in [6, 6.07) is 0. The quantitative estimate of drug-likeness (QED) is 0.448. The SMILES string of the molecule is CC[N+](C)(CC)CCCO.[I-]. The van der Waals surface area contributed by atoms with Crippen molar-refractivity contribution in [1.29, 1.82) is 0 Å². The van der Waals surface area contributed by atoms with E-state index in [-0.39, 0.29) is 24.0 Å². The Morgan fingerprint density at radius 2 is 1.64 bits per heavy atom. The van der Waals surface area contributed by atoms with Crippen LogP contribution in [0.2, 0.25) is 0 Å². The molecule has 0 aromatic carbocycles. The highest BCUT2D eigenvalue weighted by atomic mass is 127. The molecular formula is C8H20INO. The number of hydrogen-bond acceptors (Lipinski definition) is 1. The van der Waals surface area contributed by atoms with Gasteiger partial charge in [0.2, 0.25) is 0 Å². The van der Waals surface area contributed by atoms with Crippen molar-refractivity contribution < 1.29 is 33.6 Å². The van der Waals surface area contributed by atoms with Crippen molar-refractivity contribution in [1.82, 2.24) is 0 Å². The van der Waals surface area contributed by atoms with E-state index >= 15 is 0 Å². The summed E-state index contributed by atoms with van der Waals surface area (Å²) >= 11 is 0. The van der Waals surface area contributed by atoms with Gasteiger partial charge in [-0.3, -0.25) is 0 Å². The van der Waals surface area contributed by atoms with Crippen molar-refractivity contribution in [2.45, 2.75) is 20.3 Å². The number of hydrogen-bond donors (Lipinski definition) is 1. The van der Waals surface area contributed by atoms with Gasteiger partial charge in [0.15, 0.2) is 0 Å². The minimum atomic E-state index is 0. The maximum atomic E-state index is 8.61. The fraction of sp³-hybridized carbons (Fsp3) is 1.00. The van der Waals surface area contributed by atoms with E-state index in [2.05, 4.69) is 20.9 Å². The van der Waals surface area contributed by atoms with Crippen molar-refractivity contribution >= 4 is 0 Å². The molecule has 0 saturated carbocycles. The Labute approximate surface area is 87.2 Å². The van der Waals surface area contributed by atoms with E-state index in [4.69, 9.17) is 5.11 Å². The highest BCUT2D eigenvalue weighted by molar-refractivity contribution is 4.35. The zero-order valence-corrected chi connectivity index (χ0v) is 9.97. The number of nitrogens with zero attached hydrogens (tertiary/aromatic N) is 1. The summed E-state index contributed by atoms with van der Waals surface area (Å²) in [6.07, 6.45) is 0.929. The first-order chi connectivity index (χ1) is 4.68. The summed E-state index contributed by atoms with van der Waals surface area (Å²) in [7, 11) is 2.23. The molecule has 0 radical (unpaired) electrons. The third kappa shape index (κ3) is 5.87. The summed E-state index contributed by atoms with van der Waals surface area (Å²) in [4.78, 5) is 0. The van der Waals surface area contributed by atoms with Crippen LogP contribution in [0.4, 0.5) is 0 Å². The maximum absolute atomic E-state index is 8.61. The standard InChI is InChI=1S/C8H20NO.HI/c1-4-9(3,5-2)7-6-8-10;/h10H,4-8H2,1-3H3;1H/q+1;/p-1. The number of halogens is 1. The molecule has 1 N–H and O–H groups in total. The summed E-state index contributed by atoms with van der Waals surface area (Å²) in [5, 5.41) is 8.61. The first-order valence-electron chi connectivity index (χ1n) is 4.13. The molecule has 0 aliphatic rings. The number of rotatable bonds is 5.